The molecule has 2 saturated heterocycles. The Morgan fingerprint density at radius 2 is 2.05 bits per heavy atom. The molecule has 0 amide bonds. The van der Waals surface area contributed by atoms with Crippen LogP contribution in [-0.2, 0) is 13.0 Å². The predicted octanol–water partition coefficient (Wildman–Crippen LogP) is 1.05. The molecule has 0 spiro atoms. The van der Waals surface area contributed by atoms with E-state index in [9.17, 15) is 0 Å². The third kappa shape index (κ3) is 2.41. The van der Waals surface area contributed by atoms with Gasteiger partial charge < -0.3 is 15.6 Å². The van der Waals surface area contributed by atoms with E-state index in [2.05, 4.69) is 26.1 Å². The minimum Gasteiger partial charge on any atom is -0.330 e. The number of fused-ring (bicyclic) bond motifs is 3. The van der Waals surface area contributed by atoms with Crippen molar-refractivity contribution in [2.24, 2.45) is 5.73 Å². The highest BCUT2D eigenvalue weighted by Gasteiger charge is 2.41. The van der Waals surface area contributed by atoms with E-state index in [4.69, 9.17) is 5.73 Å². The highest BCUT2D eigenvalue weighted by molar-refractivity contribution is 5.18. The van der Waals surface area contributed by atoms with Gasteiger partial charge in [0.2, 0.25) is 0 Å². The molecule has 2 bridgehead atoms. The highest BCUT2D eigenvalue weighted by atomic mass is 15.2. The molecule has 5 heteroatoms. The van der Waals surface area contributed by atoms with Gasteiger partial charge in [-0.25, -0.2) is 4.98 Å². The molecule has 3 aliphatic heterocycles. The lowest BCUT2D eigenvalue weighted by atomic mass is 9.96. The zero-order chi connectivity index (χ0) is 14.2. The number of imidazole rings is 1. The maximum Gasteiger partial charge on any atom is 0.0954 e. The van der Waals surface area contributed by atoms with Gasteiger partial charge in [0.1, 0.15) is 0 Å². The molecule has 2 atom stereocenters. The molecule has 0 radical (unpaired) electrons. The van der Waals surface area contributed by atoms with Crippen LogP contribution >= 0.6 is 0 Å². The average Bonchev–Trinajstić information content (AvgIpc) is 3.04. The third-order valence-electron chi connectivity index (χ3n) is 5.69. The average molecular weight is 289 g/mol. The minimum atomic E-state index is 0.660. The lowest BCUT2D eigenvalue weighted by Gasteiger charge is -2.40. The molecule has 4 heterocycles. The second-order valence-corrected chi connectivity index (χ2v) is 6.86. The van der Waals surface area contributed by atoms with Crippen molar-refractivity contribution in [2.45, 2.75) is 63.2 Å². The van der Waals surface area contributed by atoms with Crippen molar-refractivity contribution < 1.29 is 0 Å². The standard InChI is InChI=1S/C16H27N5/c17-5-1-7-20-12-2-3-13(20)9-14(8-12)21-11-19-15-4-6-18-10-16(15)21/h11-14,18H,1-10,17H2. The molecule has 116 valence electrons. The summed E-state index contributed by atoms with van der Waals surface area (Å²) in [7, 11) is 0. The van der Waals surface area contributed by atoms with Crippen molar-refractivity contribution >= 4 is 0 Å². The smallest absolute Gasteiger partial charge is 0.0954 e. The molecule has 1 aromatic heterocycles. The third-order valence-corrected chi connectivity index (χ3v) is 5.69. The van der Waals surface area contributed by atoms with Crippen molar-refractivity contribution in [1.82, 2.24) is 19.8 Å². The van der Waals surface area contributed by atoms with E-state index in [-0.39, 0.29) is 0 Å². The second-order valence-electron chi connectivity index (χ2n) is 6.86. The summed E-state index contributed by atoms with van der Waals surface area (Å²) in [4.78, 5) is 7.40. The molecule has 0 aromatic carbocycles. The number of nitrogens with zero attached hydrogens (tertiary/aromatic N) is 3. The number of nitrogens with two attached hydrogens (primary N) is 1. The fraction of sp³-hybridized carbons (Fsp3) is 0.812. The van der Waals surface area contributed by atoms with Gasteiger partial charge in [0.05, 0.1) is 17.7 Å². The van der Waals surface area contributed by atoms with Crippen LogP contribution < -0.4 is 11.1 Å². The van der Waals surface area contributed by atoms with Gasteiger partial charge >= 0.3 is 0 Å². The predicted molar refractivity (Wildman–Crippen MR) is 83.1 cm³/mol. The van der Waals surface area contributed by atoms with E-state index >= 15 is 0 Å². The van der Waals surface area contributed by atoms with Crippen molar-refractivity contribution in [2.75, 3.05) is 19.6 Å². The normalized spacial score (nSPS) is 32.3. The molecular weight excluding hydrogens is 262 g/mol. The lowest BCUT2D eigenvalue weighted by Crippen LogP contribution is -2.44. The van der Waals surface area contributed by atoms with Crippen LogP contribution in [0.3, 0.4) is 0 Å². The van der Waals surface area contributed by atoms with E-state index in [1.165, 1.54) is 43.6 Å². The molecule has 3 N–H and O–H groups in total. The van der Waals surface area contributed by atoms with Gasteiger partial charge in [-0.3, -0.25) is 4.90 Å². The van der Waals surface area contributed by atoms with E-state index in [1.54, 1.807) is 0 Å². The Morgan fingerprint density at radius 3 is 2.81 bits per heavy atom. The maximum absolute atomic E-state index is 5.69. The molecular formula is C16H27N5. The summed E-state index contributed by atoms with van der Waals surface area (Å²) in [6.45, 7) is 4.09. The SMILES string of the molecule is NCCCN1C2CCC1CC(n1cnc3c1CNCC3)C2. The second kappa shape index (κ2) is 5.71. The lowest BCUT2D eigenvalue weighted by molar-refractivity contribution is 0.105. The molecule has 0 aliphatic carbocycles. The Balaban J connectivity index is 1.50. The summed E-state index contributed by atoms with van der Waals surface area (Å²) >= 11 is 0. The van der Waals surface area contributed by atoms with Crippen LogP contribution in [0.5, 0.6) is 0 Å². The van der Waals surface area contributed by atoms with Crippen LogP contribution in [0, 0.1) is 0 Å². The summed E-state index contributed by atoms with van der Waals surface area (Å²) in [6.07, 6.45) is 9.68. The fourth-order valence-electron chi connectivity index (χ4n) is 4.67. The monoisotopic (exact) mass is 289 g/mol. The van der Waals surface area contributed by atoms with Crippen molar-refractivity contribution in [1.29, 1.82) is 0 Å². The number of nitrogens with one attached hydrogen (secondary N) is 1. The Morgan fingerprint density at radius 1 is 1.24 bits per heavy atom. The fourth-order valence-corrected chi connectivity index (χ4v) is 4.67. The van der Waals surface area contributed by atoms with Crippen molar-refractivity contribution in [3.63, 3.8) is 0 Å². The quantitative estimate of drug-likeness (QED) is 0.870. The topological polar surface area (TPSA) is 59.1 Å². The Kier molecular flexibility index (Phi) is 3.73. The Hall–Kier alpha value is -0.910. The van der Waals surface area contributed by atoms with Gasteiger partial charge in [0.25, 0.3) is 0 Å². The summed E-state index contributed by atoms with van der Waals surface area (Å²) in [5.41, 5.74) is 8.46. The van der Waals surface area contributed by atoms with Crippen LogP contribution in [0.15, 0.2) is 6.33 Å². The molecule has 1 aromatic rings. The first-order valence-electron chi connectivity index (χ1n) is 8.58. The molecule has 2 fully saturated rings. The van der Waals surface area contributed by atoms with Gasteiger partial charge in [0, 0.05) is 37.6 Å². The van der Waals surface area contributed by atoms with Crippen LogP contribution in [0.1, 0.15) is 49.5 Å². The van der Waals surface area contributed by atoms with Gasteiger partial charge in [-0.05, 0) is 45.2 Å². The number of rotatable bonds is 4. The number of piperidine rings is 1. The molecule has 3 aliphatic rings. The zero-order valence-corrected chi connectivity index (χ0v) is 12.8. The van der Waals surface area contributed by atoms with Gasteiger partial charge in [-0.2, -0.15) is 0 Å². The Bertz CT molecular complexity index is 483. The summed E-state index contributed by atoms with van der Waals surface area (Å²) < 4.78 is 2.49. The summed E-state index contributed by atoms with van der Waals surface area (Å²) in [5.74, 6) is 0. The number of aromatic nitrogens is 2. The first kappa shape index (κ1) is 13.7. The van der Waals surface area contributed by atoms with Gasteiger partial charge in [-0.15, -0.1) is 0 Å². The first-order chi connectivity index (χ1) is 10.4. The Labute approximate surface area is 126 Å². The molecule has 2 unspecified atom stereocenters. The van der Waals surface area contributed by atoms with E-state index < -0.39 is 0 Å². The molecule has 0 saturated carbocycles. The van der Waals surface area contributed by atoms with Crippen LogP contribution in [-0.4, -0.2) is 46.2 Å². The van der Waals surface area contributed by atoms with Gasteiger partial charge in [-0.1, -0.05) is 0 Å². The highest BCUT2D eigenvalue weighted by Crippen LogP contribution is 2.41. The van der Waals surface area contributed by atoms with Crippen molar-refractivity contribution in [3.8, 4) is 0 Å². The van der Waals surface area contributed by atoms with Gasteiger partial charge in [0.15, 0.2) is 0 Å². The van der Waals surface area contributed by atoms with Crippen LogP contribution in [0.4, 0.5) is 0 Å². The molecule has 4 rings (SSSR count). The van der Waals surface area contributed by atoms with E-state index in [0.29, 0.717) is 6.04 Å². The molecule has 21 heavy (non-hydrogen) atoms. The molecule has 5 nitrogen and oxygen atoms in total. The minimum absolute atomic E-state index is 0.660. The van der Waals surface area contributed by atoms with Crippen LogP contribution in [0.2, 0.25) is 0 Å². The van der Waals surface area contributed by atoms with Crippen LogP contribution in [0.25, 0.3) is 0 Å². The zero-order valence-electron chi connectivity index (χ0n) is 12.8. The largest absolute Gasteiger partial charge is 0.330 e. The van der Waals surface area contributed by atoms with E-state index in [1.807, 2.05) is 0 Å². The van der Waals surface area contributed by atoms with Crippen molar-refractivity contribution in [3.05, 3.63) is 17.7 Å². The van der Waals surface area contributed by atoms with E-state index in [0.717, 1.165) is 44.6 Å². The maximum atomic E-state index is 5.69. The summed E-state index contributed by atoms with van der Waals surface area (Å²) in [6, 6.07) is 2.21. The summed E-state index contributed by atoms with van der Waals surface area (Å²) in [5, 5.41) is 3.50. The number of hydrogen-bond acceptors (Lipinski definition) is 4. The first-order valence-corrected chi connectivity index (χ1v) is 8.58. The number of hydrogen-bond donors (Lipinski definition) is 2.